The Morgan fingerprint density at radius 1 is 0.966 bits per heavy atom. The third-order valence-electron chi connectivity index (χ3n) is 4.64. The van der Waals surface area contributed by atoms with Gasteiger partial charge in [-0.1, -0.05) is 38.1 Å². The number of hydrogen-bond donors (Lipinski definition) is 0. The second-order valence-electron chi connectivity index (χ2n) is 6.50. The molecule has 29 heavy (non-hydrogen) atoms. The molecule has 0 saturated carbocycles. The number of aromatic nitrogens is 1. The Bertz CT molecular complexity index is 825. The lowest BCUT2D eigenvalue weighted by molar-refractivity contribution is 0.266. The van der Waals surface area contributed by atoms with E-state index in [1.165, 1.54) is 6.42 Å². The van der Waals surface area contributed by atoms with Crippen molar-refractivity contribution in [2.24, 2.45) is 0 Å². The molecule has 0 amide bonds. The maximum atomic E-state index is 5.84. The van der Waals surface area contributed by atoms with Crippen LogP contribution in [0.4, 0.5) is 0 Å². The highest BCUT2D eigenvalue weighted by atomic mass is 35.5. The van der Waals surface area contributed by atoms with Gasteiger partial charge in [0, 0.05) is 6.08 Å². The molecule has 5 nitrogen and oxygen atoms in total. The summed E-state index contributed by atoms with van der Waals surface area (Å²) in [6.07, 6.45) is 6.14. The largest absolute Gasteiger partial charge is 0.494 e. The highest BCUT2D eigenvalue weighted by Gasteiger charge is 2.01. The summed E-state index contributed by atoms with van der Waals surface area (Å²) in [6.45, 7) is 8.57. The molecule has 0 spiro atoms. The Kier molecular flexibility index (Phi) is 11.1. The first-order valence-electron chi connectivity index (χ1n) is 9.77. The lowest BCUT2D eigenvalue weighted by Crippen LogP contribution is -2.24. The van der Waals surface area contributed by atoms with Gasteiger partial charge in [0.05, 0.1) is 6.61 Å². The van der Waals surface area contributed by atoms with Crippen LogP contribution in [0.1, 0.15) is 38.1 Å². The van der Waals surface area contributed by atoms with E-state index in [0.717, 1.165) is 55.1 Å². The zero-order valence-electron chi connectivity index (χ0n) is 17.1. The molecular weight excluding hydrogens is 388 g/mol. The van der Waals surface area contributed by atoms with Crippen molar-refractivity contribution < 1.29 is 14.6 Å². The van der Waals surface area contributed by atoms with Crippen LogP contribution >= 0.6 is 12.4 Å². The van der Waals surface area contributed by atoms with Crippen LogP contribution in [0, 0.1) is 0 Å². The van der Waals surface area contributed by atoms with Crippen molar-refractivity contribution in [2.45, 2.75) is 26.7 Å². The van der Waals surface area contributed by atoms with Gasteiger partial charge < -0.3 is 19.5 Å². The molecule has 3 rings (SSSR count). The highest BCUT2D eigenvalue weighted by molar-refractivity contribution is 5.85. The fourth-order valence-electron chi connectivity index (χ4n) is 2.97. The van der Waals surface area contributed by atoms with E-state index < -0.39 is 0 Å². The molecule has 2 N–H and O–H groups in total. The van der Waals surface area contributed by atoms with E-state index in [4.69, 9.17) is 9.15 Å². The number of hydrogen-bond acceptors (Lipinski definition) is 4. The average Bonchev–Trinajstić information content (AvgIpc) is 3.13. The third kappa shape index (κ3) is 7.54. The molecule has 3 aromatic rings. The van der Waals surface area contributed by atoms with Crippen LogP contribution in [0.3, 0.4) is 0 Å². The van der Waals surface area contributed by atoms with Gasteiger partial charge in [0.25, 0.3) is 0 Å². The van der Waals surface area contributed by atoms with E-state index in [2.05, 4.69) is 23.7 Å². The SMILES string of the molecule is CCN(CC)CCCCOc1ccc(/C=C/c2nc3ccccc3o2)cc1.Cl.O. The van der Waals surface area contributed by atoms with E-state index in [-0.39, 0.29) is 17.9 Å². The first-order valence-corrected chi connectivity index (χ1v) is 9.77. The molecule has 1 aromatic heterocycles. The second kappa shape index (κ2) is 13.0. The molecule has 0 aliphatic rings. The number of nitrogens with zero attached hydrogens (tertiary/aromatic N) is 2. The van der Waals surface area contributed by atoms with Gasteiger partial charge in [0.2, 0.25) is 5.89 Å². The molecule has 0 aliphatic heterocycles. The number of ether oxygens (including phenoxy) is 1. The van der Waals surface area contributed by atoms with Crippen molar-refractivity contribution in [2.75, 3.05) is 26.2 Å². The summed E-state index contributed by atoms with van der Waals surface area (Å²) >= 11 is 0. The monoisotopic (exact) mass is 418 g/mol. The Morgan fingerprint density at radius 3 is 2.38 bits per heavy atom. The molecule has 0 saturated heterocycles. The fraction of sp³-hybridized carbons (Fsp3) is 0.348. The summed E-state index contributed by atoms with van der Waals surface area (Å²) in [6, 6.07) is 15.9. The number of benzene rings is 2. The van der Waals surface area contributed by atoms with Gasteiger partial charge in [-0.2, -0.15) is 0 Å². The topological polar surface area (TPSA) is 70.0 Å². The van der Waals surface area contributed by atoms with E-state index >= 15 is 0 Å². The highest BCUT2D eigenvalue weighted by Crippen LogP contribution is 2.18. The zero-order chi connectivity index (χ0) is 18.9. The number of rotatable bonds is 10. The molecule has 6 heteroatoms. The van der Waals surface area contributed by atoms with Crippen molar-refractivity contribution in [1.82, 2.24) is 9.88 Å². The van der Waals surface area contributed by atoms with Gasteiger partial charge in [0.1, 0.15) is 11.3 Å². The minimum atomic E-state index is 0. The Hall–Kier alpha value is -2.34. The quantitative estimate of drug-likeness (QED) is 0.429. The van der Waals surface area contributed by atoms with Gasteiger partial charge >= 0.3 is 0 Å². The smallest absolute Gasteiger partial charge is 0.220 e. The molecule has 0 aliphatic carbocycles. The van der Waals surface area contributed by atoms with E-state index in [9.17, 15) is 0 Å². The summed E-state index contributed by atoms with van der Waals surface area (Å²) in [7, 11) is 0. The first kappa shape index (κ1) is 24.7. The van der Waals surface area contributed by atoms with E-state index in [1.54, 1.807) is 0 Å². The maximum absolute atomic E-state index is 5.84. The molecule has 158 valence electrons. The first-order chi connectivity index (χ1) is 13.3. The van der Waals surface area contributed by atoms with Crippen LogP contribution in [-0.2, 0) is 0 Å². The van der Waals surface area contributed by atoms with Gasteiger partial charge in [-0.25, -0.2) is 4.98 Å². The summed E-state index contributed by atoms with van der Waals surface area (Å²) in [5.41, 5.74) is 2.77. The average molecular weight is 419 g/mol. The standard InChI is InChI=1S/C23H28N2O2.ClH.H2O/c1-3-25(4-2)17-7-8-18-26-20-14-11-19(12-15-20)13-16-23-24-21-9-5-6-10-22(21)27-23;;/h5-6,9-16H,3-4,7-8,17-18H2,1-2H3;1H;1H2/b16-13+;;. The summed E-state index contributed by atoms with van der Waals surface area (Å²) < 4.78 is 11.5. The molecule has 1 heterocycles. The molecular formula is C23H31ClN2O3. The normalized spacial score (nSPS) is 10.9. The van der Waals surface area contributed by atoms with Gasteiger partial charge in [-0.15, -0.1) is 12.4 Å². The van der Waals surface area contributed by atoms with E-state index in [1.807, 2.05) is 60.7 Å². The molecule has 0 radical (unpaired) electrons. The predicted octanol–water partition coefficient (Wildman–Crippen LogP) is 5.10. The van der Waals surface area contributed by atoms with Crippen molar-refractivity contribution in [3.8, 4) is 5.75 Å². The molecule has 0 atom stereocenters. The van der Waals surface area contributed by atoms with Crippen molar-refractivity contribution >= 4 is 35.7 Å². The third-order valence-corrected chi connectivity index (χ3v) is 4.64. The lowest BCUT2D eigenvalue weighted by Gasteiger charge is -2.17. The molecule has 2 aromatic carbocycles. The fourth-order valence-corrected chi connectivity index (χ4v) is 2.97. The van der Waals surface area contributed by atoms with E-state index in [0.29, 0.717) is 5.89 Å². The second-order valence-corrected chi connectivity index (χ2v) is 6.50. The number of para-hydroxylation sites is 2. The number of oxazole rings is 1. The number of halogens is 1. The van der Waals surface area contributed by atoms with Crippen molar-refractivity contribution in [1.29, 1.82) is 0 Å². The van der Waals surface area contributed by atoms with Crippen molar-refractivity contribution in [3.05, 3.63) is 60.0 Å². The minimum absolute atomic E-state index is 0. The summed E-state index contributed by atoms with van der Waals surface area (Å²) in [5.74, 6) is 1.53. The van der Waals surface area contributed by atoms with Gasteiger partial charge in [-0.05, 0) is 68.4 Å². The van der Waals surface area contributed by atoms with Crippen LogP contribution in [0.5, 0.6) is 5.75 Å². The summed E-state index contributed by atoms with van der Waals surface area (Å²) in [5, 5.41) is 0. The Morgan fingerprint density at radius 2 is 1.69 bits per heavy atom. The van der Waals surface area contributed by atoms with Crippen LogP contribution in [-0.4, -0.2) is 41.6 Å². The molecule has 0 bridgehead atoms. The lowest BCUT2D eigenvalue weighted by atomic mass is 10.2. The number of fused-ring (bicyclic) bond motifs is 1. The zero-order valence-corrected chi connectivity index (χ0v) is 18.0. The summed E-state index contributed by atoms with van der Waals surface area (Å²) in [4.78, 5) is 6.89. The van der Waals surface area contributed by atoms with Crippen LogP contribution in [0.15, 0.2) is 52.9 Å². The van der Waals surface area contributed by atoms with Crippen molar-refractivity contribution in [3.63, 3.8) is 0 Å². The minimum Gasteiger partial charge on any atom is -0.494 e. The van der Waals surface area contributed by atoms with Crippen LogP contribution < -0.4 is 4.74 Å². The molecule has 0 unspecified atom stereocenters. The Balaban J connectivity index is 0.00000210. The van der Waals surface area contributed by atoms with Gasteiger partial charge in [-0.3, -0.25) is 0 Å². The Labute approximate surface area is 179 Å². The number of unbranched alkanes of at least 4 members (excludes halogenated alkanes) is 1. The van der Waals surface area contributed by atoms with Gasteiger partial charge in [0.15, 0.2) is 5.58 Å². The molecule has 0 fully saturated rings. The predicted molar refractivity (Wildman–Crippen MR) is 123 cm³/mol. The van der Waals surface area contributed by atoms with Crippen LogP contribution in [0.2, 0.25) is 0 Å². The van der Waals surface area contributed by atoms with Crippen LogP contribution in [0.25, 0.3) is 23.3 Å². The maximum Gasteiger partial charge on any atom is 0.220 e.